The molecule has 0 saturated heterocycles. The van der Waals surface area contributed by atoms with Gasteiger partial charge in [0, 0.05) is 11.3 Å². The molecule has 0 bridgehead atoms. The highest BCUT2D eigenvalue weighted by Crippen LogP contribution is 2.33. The molecule has 0 unspecified atom stereocenters. The molecule has 7 nitrogen and oxygen atoms in total. The molecule has 1 N–H and O–H groups in total. The molecule has 1 heterocycles. The number of benzene rings is 3. The van der Waals surface area contributed by atoms with E-state index in [-0.39, 0.29) is 11.7 Å². The van der Waals surface area contributed by atoms with Gasteiger partial charge in [0.05, 0.1) is 30.7 Å². The van der Waals surface area contributed by atoms with Crippen LogP contribution in [-0.4, -0.2) is 40.6 Å². The zero-order valence-corrected chi connectivity index (χ0v) is 20.5. The van der Waals surface area contributed by atoms with E-state index in [0.717, 1.165) is 22.6 Å². The van der Waals surface area contributed by atoms with Crippen LogP contribution in [0.15, 0.2) is 71.9 Å². The van der Waals surface area contributed by atoms with Crippen LogP contribution in [0.2, 0.25) is 5.02 Å². The van der Waals surface area contributed by atoms with Gasteiger partial charge in [0.15, 0.2) is 11.0 Å². The maximum atomic E-state index is 12.7. The molecular weight excluding hydrogens is 472 g/mol. The van der Waals surface area contributed by atoms with Gasteiger partial charge in [0.25, 0.3) is 0 Å². The lowest BCUT2D eigenvalue weighted by Crippen LogP contribution is -2.15. The third kappa shape index (κ3) is 5.18. The summed E-state index contributed by atoms with van der Waals surface area (Å²) in [6.07, 6.45) is 0. The van der Waals surface area contributed by atoms with E-state index in [1.54, 1.807) is 20.3 Å². The molecule has 0 aliphatic heterocycles. The lowest BCUT2D eigenvalue weighted by atomic mass is 10.2. The second-order valence-electron chi connectivity index (χ2n) is 7.36. The zero-order valence-electron chi connectivity index (χ0n) is 18.9. The Morgan fingerprint density at radius 2 is 1.79 bits per heavy atom. The molecule has 0 fully saturated rings. The van der Waals surface area contributed by atoms with Crippen molar-refractivity contribution in [3.05, 3.63) is 77.3 Å². The minimum atomic E-state index is -0.183. The first kappa shape index (κ1) is 23.7. The first-order valence-corrected chi connectivity index (χ1v) is 11.8. The third-order valence-corrected chi connectivity index (χ3v) is 6.30. The molecule has 3 aromatic carbocycles. The molecule has 0 aliphatic carbocycles. The van der Waals surface area contributed by atoms with Crippen molar-refractivity contribution in [2.24, 2.45) is 0 Å². The van der Waals surface area contributed by atoms with E-state index in [2.05, 4.69) is 15.5 Å². The quantitative estimate of drug-likeness (QED) is 0.319. The summed E-state index contributed by atoms with van der Waals surface area (Å²) >= 11 is 7.73. The largest absolute Gasteiger partial charge is 0.497 e. The Balaban J connectivity index is 1.62. The second kappa shape index (κ2) is 10.6. The van der Waals surface area contributed by atoms with Gasteiger partial charge in [-0.2, -0.15) is 0 Å². The molecule has 4 rings (SSSR count). The Kier molecular flexibility index (Phi) is 7.40. The Morgan fingerprint density at radius 1 is 1.03 bits per heavy atom. The number of aryl methyl sites for hydroxylation is 1. The average molecular weight is 495 g/mol. The number of hydrogen-bond donors (Lipinski definition) is 1. The topological polar surface area (TPSA) is 78.3 Å². The van der Waals surface area contributed by atoms with Crippen LogP contribution in [0.3, 0.4) is 0 Å². The molecule has 0 spiro atoms. The minimum Gasteiger partial charge on any atom is -0.497 e. The van der Waals surface area contributed by atoms with Gasteiger partial charge >= 0.3 is 0 Å². The van der Waals surface area contributed by atoms with Crippen molar-refractivity contribution in [3.8, 4) is 28.6 Å². The highest BCUT2D eigenvalue weighted by molar-refractivity contribution is 7.99. The Labute approximate surface area is 207 Å². The number of nitrogens with zero attached hydrogens (tertiary/aromatic N) is 3. The molecule has 1 aromatic heterocycles. The second-order valence-corrected chi connectivity index (χ2v) is 8.71. The Morgan fingerprint density at radius 3 is 2.50 bits per heavy atom. The molecule has 1 amide bonds. The third-order valence-electron chi connectivity index (χ3n) is 5.04. The summed E-state index contributed by atoms with van der Waals surface area (Å²) in [5.74, 6) is 1.87. The Hall–Kier alpha value is -3.49. The van der Waals surface area contributed by atoms with Crippen molar-refractivity contribution in [2.75, 3.05) is 25.3 Å². The standard InChI is InChI=1S/C25H23ClN4O3S/c1-16-8-13-22(33-3)21(14-16)27-23(31)15-34-25-29-28-24(19-6-4-5-7-20(19)26)30(25)17-9-11-18(32-2)12-10-17/h4-14H,15H2,1-3H3,(H,27,31). The van der Waals surface area contributed by atoms with Gasteiger partial charge in [0.1, 0.15) is 11.5 Å². The minimum absolute atomic E-state index is 0.133. The van der Waals surface area contributed by atoms with Crippen LogP contribution in [0.4, 0.5) is 5.69 Å². The molecule has 174 valence electrons. The normalized spacial score (nSPS) is 10.7. The smallest absolute Gasteiger partial charge is 0.234 e. The van der Waals surface area contributed by atoms with E-state index in [9.17, 15) is 4.79 Å². The summed E-state index contributed by atoms with van der Waals surface area (Å²) in [4.78, 5) is 12.7. The number of carbonyl (C=O) groups is 1. The van der Waals surface area contributed by atoms with Crippen LogP contribution in [0.5, 0.6) is 11.5 Å². The van der Waals surface area contributed by atoms with Gasteiger partial charge in [-0.05, 0) is 61.0 Å². The SMILES string of the molecule is COc1ccc(-n2c(SCC(=O)Nc3cc(C)ccc3OC)nnc2-c2ccccc2Cl)cc1. The van der Waals surface area contributed by atoms with E-state index < -0.39 is 0 Å². The highest BCUT2D eigenvalue weighted by Gasteiger charge is 2.19. The van der Waals surface area contributed by atoms with Crippen LogP contribution >= 0.6 is 23.4 Å². The number of hydrogen-bond acceptors (Lipinski definition) is 6. The summed E-state index contributed by atoms with van der Waals surface area (Å²) in [6, 6.07) is 20.6. The number of carbonyl (C=O) groups excluding carboxylic acids is 1. The van der Waals surface area contributed by atoms with E-state index in [0.29, 0.717) is 27.4 Å². The fourth-order valence-corrected chi connectivity index (χ4v) is 4.35. The Bertz CT molecular complexity index is 1310. The maximum absolute atomic E-state index is 12.7. The first-order valence-electron chi connectivity index (χ1n) is 10.4. The van der Waals surface area contributed by atoms with E-state index in [4.69, 9.17) is 21.1 Å². The van der Waals surface area contributed by atoms with Crippen LogP contribution in [0.1, 0.15) is 5.56 Å². The summed E-state index contributed by atoms with van der Waals surface area (Å²) in [6.45, 7) is 1.96. The van der Waals surface area contributed by atoms with Crippen molar-refractivity contribution < 1.29 is 14.3 Å². The van der Waals surface area contributed by atoms with Crippen LogP contribution < -0.4 is 14.8 Å². The van der Waals surface area contributed by atoms with Crippen LogP contribution in [-0.2, 0) is 4.79 Å². The average Bonchev–Trinajstić information content (AvgIpc) is 3.27. The number of aromatic nitrogens is 3. The van der Waals surface area contributed by atoms with Crippen molar-refractivity contribution in [1.29, 1.82) is 0 Å². The van der Waals surface area contributed by atoms with Crippen molar-refractivity contribution >= 4 is 35.0 Å². The fourth-order valence-electron chi connectivity index (χ4n) is 3.38. The van der Waals surface area contributed by atoms with Gasteiger partial charge in [0.2, 0.25) is 5.91 Å². The first-order chi connectivity index (χ1) is 16.5. The van der Waals surface area contributed by atoms with Gasteiger partial charge in [-0.25, -0.2) is 0 Å². The summed E-state index contributed by atoms with van der Waals surface area (Å²) in [5.41, 5.74) is 3.21. The van der Waals surface area contributed by atoms with Crippen molar-refractivity contribution in [2.45, 2.75) is 12.1 Å². The molecule has 4 aromatic rings. The number of halogens is 1. The zero-order chi connectivity index (χ0) is 24.1. The number of anilines is 1. The number of nitrogens with one attached hydrogen (secondary N) is 1. The fraction of sp³-hybridized carbons (Fsp3) is 0.160. The van der Waals surface area contributed by atoms with Gasteiger partial charge in [-0.1, -0.05) is 41.6 Å². The lowest BCUT2D eigenvalue weighted by molar-refractivity contribution is -0.113. The number of methoxy groups -OCH3 is 2. The molecule has 0 atom stereocenters. The summed E-state index contributed by atoms with van der Waals surface area (Å²) in [7, 11) is 3.19. The summed E-state index contributed by atoms with van der Waals surface area (Å²) < 4.78 is 12.5. The molecule has 0 saturated carbocycles. The van der Waals surface area contributed by atoms with E-state index in [1.807, 2.05) is 72.2 Å². The molecule has 34 heavy (non-hydrogen) atoms. The van der Waals surface area contributed by atoms with Crippen LogP contribution in [0, 0.1) is 6.92 Å². The number of amides is 1. The van der Waals surface area contributed by atoms with Gasteiger partial charge in [-0.3, -0.25) is 9.36 Å². The van der Waals surface area contributed by atoms with E-state index in [1.165, 1.54) is 11.8 Å². The monoisotopic (exact) mass is 494 g/mol. The number of rotatable bonds is 8. The lowest BCUT2D eigenvalue weighted by Gasteiger charge is -2.13. The van der Waals surface area contributed by atoms with Gasteiger partial charge < -0.3 is 14.8 Å². The highest BCUT2D eigenvalue weighted by atomic mass is 35.5. The predicted octanol–water partition coefficient (Wildman–Crippen LogP) is 5.64. The van der Waals surface area contributed by atoms with Crippen molar-refractivity contribution in [3.63, 3.8) is 0 Å². The number of ether oxygens (including phenoxy) is 2. The van der Waals surface area contributed by atoms with Crippen LogP contribution in [0.25, 0.3) is 17.1 Å². The van der Waals surface area contributed by atoms with Crippen molar-refractivity contribution in [1.82, 2.24) is 14.8 Å². The molecular formula is C25H23ClN4O3S. The molecule has 0 aliphatic rings. The van der Waals surface area contributed by atoms with E-state index >= 15 is 0 Å². The predicted molar refractivity (Wildman–Crippen MR) is 135 cm³/mol. The number of thioether (sulfide) groups is 1. The summed E-state index contributed by atoms with van der Waals surface area (Å²) in [5, 5.41) is 12.8. The maximum Gasteiger partial charge on any atom is 0.234 e. The molecule has 0 radical (unpaired) electrons. The molecule has 9 heteroatoms. The van der Waals surface area contributed by atoms with Gasteiger partial charge in [-0.15, -0.1) is 10.2 Å².